The van der Waals surface area contributed by atoms with E-state index in [-0.39, 0.29) is 6.42 Å². The standard InChI is InChI=1S/C18H27NO7/c1-18(2,3)26-17(22)19-12(16(20)21)8-7-11-9-13(23-4)15(25-6)14(10-11)24-5/h9-10,12H,7-8H2,1-6H3,(H,19,22)(H,20,21)/t12-/m0/s1. The molecule has 8 nitrogen and oxygen atoms in total. The van der Waals surface area contributed by atoms with E-state index in [1.807, 2.05) is 0 Å². The van der Waals surface area contributed by atoms with Crippen molar-refractivity contribution in [2.75, 3.05) is 21.3 Å². The monoisotopic (exact) mass is 369 g/mol. The van der Waals surface area contributed by atoms with Crippen LogP contribution in [0, 0.1) is 0 Å². The third-order valence-electron chi connectivity index (χ3n) is 3.44. The second-order valence-electron chi connectivity index (χ2n) is 6.61. The van der Waals surface area contributed by atoms with E-state index in [0.717, 1.165) is 5.56 Å². The summed E-state index contributed by atoms with van der Waals surface area (Å²) >= 11 is 0. The molecule has 0 radical (unpaired) electrons. The minimum Gasteiger partial charge on any atom is -0.493 e. The fraction of sp³-hybridized carbons (Fsp3) is 0.556. The van der Waals surface area contributed by atoms with Crippen LogP contribution >= 0.6 is 0 Å². The molecule has 1 aromatic rings. The maximum atomic E-state index is 11.8. The number of methoxy groups -OCH3 is 3. The molecule has 0 saturated heterocycles. The lowest BCUT2D eigenvalue weighted by atomic mass is 10.0. The fourth-order valence-corrected chi connectivity index (χ4v) is 2.30. The van der Waals surface area contributed by atoms with E-state index in [2.05, 4.69) is 5.32 Å². The summed E-state index contributed by atoms with van der Waals surface area (Å²) < 4.78 is 20.9. The van der Waals surface area contributed by atoms with Gasteiger partial charge in [0.25, 0.3) is 0 Å². The van der Waals surface area contributed by atoms with Crippen LogP contribution in [-0.4, -0.2) is 50.1 Å². The third-order valence-corrected chi connectivity index (χ3v) is 3.44. The van der Waals surface area contributed by atoms with Crippen molar-refractivity contribution in [2.24, 2.45) is 0 Å². The molecule has 0 heterocycles. The molecule has 0 aromatic heterocycles. The summed E-state index contributed by atoms with van der Waals surface area (Å²) in [6.07, 6.45) is -0.216. The Labute approximate surface area is 153 Å². The third kappa shape index (κ3) is 6.34. The van der Waals surface area contributed by atoms with Gasteiger partial charge in [-0.15, -0.1) is 0 Å². The number of alkyl carbamates (subject to hydrolysis) is 1. The Kier molecular flexibility index (Phi) is 7.55. The average molecular weight is 369 g/mol. The minimum atomic E-state index is -1.14. The van der Waals surface area contributed by atoms with Crippen LogP contribution in [0.25, 0.3) is 0 Å². The van der Waals surface area contributed by atoms with Gasteiger partial charge in [0.05, 0.1) is 21.3 Å². The molecule has 8 heteroatoms. The number of rotatable bonds is 8. The number of ether oxygens (including phenoxy) is 4. The molecular formula is C18H27NO7. The zero-order valence-electron chi connectivity index (χ0n) is 16.0. The number of hydrogen-bond donors (Lipinski definition) is 2. The number of carboxylic acids is 1. The number of aryl methyl sites for hydroxylation is 1. The number of carbonyl (C=O) groups is 2. The van der Waals surface area contributed by atoms with Gasteiger partial charge in [0.1, 0.15) is 11.6 Å². The van der Waals surface area contributed by atoms with Gasteiger partial charge in [-0.25, -0.2) is 9.59 Å². The van der Waals surface area contributed by atoms with Gasteiger partial charge in [-0.3, -0.25) is 0 Å². The van der Waals surface area contributed by atoms with E-state index < -0.39 is 23.7 Å². The summed E-state index contributed by atoms with van der Waals surface area (Å²) in [6, 6.07) is 2.41. The number of nitrogens with one attached hydrogen (secondary N) is 1. The van der Waals surface area contributed by atoms with Crippen molar-refractivity contribution >= 4 is 12.1 Å². The highest BCUT2D eigenvalue weighted by atomic mass is 16.6. The first kappa shape index (κ1) is 21.4. The van der Waals surface area contributed by atoms with E-state index in [9.17, 15) is 14.7 Å². The van der Waals surface area contributed by atoms with Gasteiger partial charge in [-0.2, -0.15) is 0 Å². The summed E-state index contributed by atoms with van der Waals surface area (Å²) in [7, 11) is 4.52. The first-order valence-corrected chi connectivity index (χ1v) is 8.12. The average Bonchev–Trinajstić information content (AvgIpc) is 2.55. The van der Waals surface area contributed by atoms with Crippen LogP contribution in [0.5, 0.6) is 17.2 Å². The number of hydrogen-bond acceptors (Lipinski definition) is 6. The number of carboxylic acid groups (broad SMARTS) is 1. The second-order valence-corrected chi connectivity index (χ2v) is 6.61. The molecule has 146 valence electrons. The van der Waals surface area contributed by atoms with Crippen LogP contribution in [-0.2, 0) is 16.0 Å². The Morgan fingerprint density at radius 2 is 1.62 bits per heavy atom. The molecular weight excluding hydrogens is 342 g/mol. The first-order valence-electron chi connectivity index (χ1n) is 8.12. The molecule has 2 N–H and O–H groups in total. The van der Waals surface area contributed by atoms with Crippen LogP contribution in [0.3, 0.4) is 0 Å². The molecule has 0 bridgehead atoms. The fourth-order valence-electron chi connectivity index (χ4n) is 2.30. The smallest absolute Gasteiger partial charge is 0.408 e. The minimum absolute atomic E-state index is 0.174. The molecule has 1 aromatic carbocycles. The molecule has 0 spiro atoms. The maximum absolute atomic E-state index is 11.8. The van der Waals surface area contributed by atoms with E-state index >= 15 is 0 Å². The highest BCUT2D eigenvalue weighted by Crippen LogP contribution is 2.38. The van der Waals surface area contributed by atoms with Crippen LogP contribution in [0.2, 0.25) is 0 Å². The molecule has 1 rings (SSSR count). The highest BCUT2D eigenvalue weighted by molar-refractivity contribution is 5.80. The Bertz CT molecular complexity index is 612. The van der Waals surface area contributed by atoms with E-state index in [0.29, 0.717) is 23.7 Å². The van der Waals surface area contributed by atoms with Gasteiger partial charge in [-0.1, -0.05) is 0 Å². The molecule has 1 atom stereocenters. The van der Waals surface area contributed by atoms with Crippen LogP contribution in [0.1, 0.15) is 32.8 Å². The Morgan fingerprint density at radius 1 is 1.08 bits per heavy atom. The quantitative estimate of drug-likeness (QED) is 0.726. The van der Waals surface area contributed by atoms with Gasteiger partial charge in [0, 0.05) is 0 Å². The van der Waals surface area contributed by atoms with E-state index in [4.69, 9.17) is 18.9 Å². The predicted octanol–water partition coefficient (Wildman–Crippen LogP) is 2.62. The van der Waals surface area contributed by atoms with Gasteiger partial charge in [-0.05, 0) is 51.3 Å². The molecule has 26 heavy (non-hydrogen) atoms. The van der Waals surface area contributed by atoms with Crippen molar-refractivity contribution in [2.45, 2.75) is 45.3 Å². The summed E-state index contributed by atoms with van der Waals surface area (Å²) in [5.41, 5.74) is 0.0841. The number of amides is 1. The SMILES string of the molecule is COc1cc(CC[C@H](NC(=O)OC(C)(C)C)C(=O)O)cc(OC)c1OC. The van der Waals surface area contributed by atoms with E-state index in [1.165, 1.54) is 21.3 Å². The van der Waals surface area contributed by atoms with Gasteiger partial charge in [0.15, 0.2) is 11.5 Å². The van der Waals surface area contributed by atoms with Crippen molar-refractivity contribution in [3.05, 3.63) is 17.7 Å². The molecule has 0 fully saturated rings. The number of aliphatic carboxylic acids is 1. The normalized spacial score (nSPS) is 12.1. The summed E-state index contributed by atoms with van der Waals surface area (Å²) in [6.45, 7) is 5.12. The van der Waals surface area contributed by atoms with Crippen molar-refractivity contribution in [3.63, 3.8) is 0 Å². The zero-order chi connectivity index (χ0) is 19.9. The largest absolute Gasteiger partial charge is 0.493 e. The van der Waals surface area contributed by atoms with E-state index in [1.54, 1.807) is 32.9 Å². The topological polar surface area (TPSA) is 103 Å². The van der Waals surface area contributed by atoms with Crippen molar-refractivity contribution in [1.29, 1.82) is 0 Å². The van der Waals surface area contributed by atoms with Crippen molar-refractivity contribution in [1.82, 2.24) is 5.32 Å². The number of benzene rings is 1. The summed E-state index contributed by atoms with van der Waals surface area (Å²) in [5.74, 6) is 0.284. The zero-order valence-corrected chi connectivity index (χ0v) is 16.0. The molecule has 1 amide bonds. The Morgan fingerprint density at radius 3 is 2.00 bits per heavy atom. The lowest BCUT2D eigenvalue weighted by Gasteiger charge is -2.22. The summed E-state index contributed by atoms with van der Waals surface area (Å²) in [5, 5.41) is 11.7. The van der Waals surface area contributed by atoms with Gasteiger partial charge >= 0.3 is 12.1 Å². The molecule has 0 aliphatic heterocycles. The highest BCUT2D eigenvalue weighted by Gasteiger charge is 2.24. The second kappa shape index (κ2) is 9.17. The maximum Gasteiger partial charge on any atom is 0.408 e. The Balaban J connectivity index is 2.86. The predicted molar refractivity (Wildman–Crippen MR) is 95.2 cm³/mol. The molecule has 0 aliphatic carbocycles. The Hall–Kier alpha value is -2.64. The van der Waals surface area contributed by atoms with Gasteiger partial charge in [0.2, 0.25) is 5.75 Å². The van der Waals surface area contributed by atoms with Crippen LogP contribution < -0.4 is 19.5 Å². The summed E-state index contributed by atoms with van der Waals surface area (Å²) in [4.78, 5) is 23.2. The molecule has 0 aliphatic rings. The lowest BCUT2D eigenvalue weighted by molar-refractivity contribution is -0.139. The van der Waals surface area contributed by atoms with Crippen molar-refractivity contribution in [3.8, 4) is 17.2 Å². The van der Waals surface area contributed by atoms with Crippen LogP contribution in [0.15, 0.2) is 12.1 Å². The van der Waals surface area contributed by atoms with Crippen molar-refractivity contribution < 1.29 is 33.6 Å². The molecule has 0 saturated carbocycles. The lowest BCUT2D eigenvalue weighted by Crippen LogP contribution is -2.43. The number of carbonyl (C=O) groups excluding carboxylic acids is 1. The first-order chi connectivity index (χ1) is 12.1. The van der Waals surface area contributed by atoms with Crippen LogP contribution in [0.4, 0.5) is 4.79 Å². The van der Waals surface area contributed by atoms with Gasteiger partial charge < -0.3 is 29.4 Å². The molecule has 0 unspecified atom stereocenters.